The van der Waals surface area contributed by atoms with Gasteiger partial charge in [-0.2, -0.15) is 0 Å². The minimum atomic E-state index is -0.396. The van der Waals surface area contributed by atoms with Gasteiger partial charge in [-0.15, -0.1) is 0 Å². The van der Waals surface area contributed by atoms with E-state index in [1.807, 2.05) is 30.3 Å². The smallest absolute Gasteiger partial charge is 0.253 e. The van der Waals surface area contributed by atoms with Gasteiger partial charge in [-0.05, 0) is 67.6 Å². The molecule has 0 unspecified atom stereocenters. The highest BCUT2D eigenvalue weighted by Gasteiger charge is 2.24. The Morgan fingerprint density at radius 2 is 1.78 bits per heavy atom. The quantitative estimate of drug-likeness (QED) is 0.749. The van der Waals surface area contributed by atoms with Gasteiger partial charge in [0.15, 0.2) is 11.5 Å². The van der Waals surface area contributed by atoms with Gasteiger partial charge in [-0.1, -0.05) is 6.07 Å². The minimum absolute atomic E-state index is 0.0155. The van der Waals surface area contributed by atoms with Crippen molar-refractivity contribution < 1.29 is 19.4 Å². The number of nitrogens with zero attached hydrogens (tertiary/aromatic N) is 2. The summed E-state index contributed by atoms with van der Waals surface area (Å²) < 4.78 is 10.8. The summed E-state index contributed by atoms with van der Waals surface area (Å²) in [4.78, 5) is 16.9. The van der Waals surface area contributed by atoms with E-state index < -0.39 is 6.10 Å². The van der Waals surface area contributed by atoms with Gasteiger partial charge in [0.2, 0.25) is 6.79 Å². The van der Waals surface area contributed by atoms with Crippen LogP contribution in [0.25, 0.3) is 0 Å². The van der Waals surface area contributed by atoms with Crippen LogP contribution in [0.1, 0.15) is 41.6 Å². The second-order valence-corrected chi connectivity index (χ2v) is 8.92. The van der Waals surface area contributed by atoms with Gasteiger partial charge in [0.25, 0.3) is 5.91 Å². The fourth-order valence-electron chi connectivity index (χ4n) is 4.79. The number of carbonyl (C=O) groups excluding carboxylic acids is 1. The molecule has 0 aliphatic carbocycles. The van der Waals surface area contributed by atoms with Crippen LogP contribution in [0, 0.1) is 0 Å². The molecule has 2 saturated heterocycles. The number of likely N-dealkylation sites (tertiary alicyclic amines) is 1. The number of rotatable bonds is 5. The number of carbonyl (C=O) groups is 1. The van der Waals surface area contributed by atoms with E-state index in [1.54, 1.807) is 4.90 Å². The van der Waals surface area contributed by atoms with Crippen molar-refractivity contribution in [1.82, 2.24) is 10.2 Å². The number of aliphatic hydroxyl groups excluding tert-OH is 1. The molecule has 0 aromatic heterocycles. The Morgan fingerprint density at radius 3 is 2.56 bits per heavy atom. The lowest BCUT2D eigenvalue weighted by Gasteiger charge is -2.34. The van der Waals surface area contributed by atoms with Gasteiger partial charge in [-0.25, -0.2) is 0 Å². The van der Waals surface area contributed by atoms with Crippen molar-refractivity contribution in [1.29, 1.82) is 0 Å². The lowest BCUT2D eigenvalue weighted by molar-refractivity contribution is 0.0474. The Hall–Kier alpha value is -2.77. The van der Waals surface area contributed by atoms with Crippen molar-refractivity contribution in [2.24, 2.45) is 0 Å². The molecule has 5 rings (SSSR count). The van der Waals surface area contributed by atoms with Gasteiger partial charge < -0.3 is 29.7 Å². The Morgan fingerprint density at radius 1 is 1.00 bits per heavy atom. The maximum absolute atomic E-state index is 12.7. The molecule has 1 amide bonds. The summed E-state index contributed by atoms with van der Waals surface area (Å²) in [5.74, 6) is 1.67. The number of ether oxygens (including phenoxy) is 2. The van der Waals surface area contributed by atoms with Crippen molar-refractivity contribution in [3.8, 4) is 11.5 Å². The van der Waals surface area contributed by atoms with Crippen molar-refractivity contribution in [3.05, 3.63) is 53.6 Å². The zero-order chi connectivity index (χ0) is 21.9. The molecule has 2 aromatic carbocycles. The average molecular weight is 438 g/mol. The first-order chi connectivity index (χ1) is 15.7. The van der Waals surface area contributed by atoms with E-state index in [9.17, 15) is 9.90 Å². The van der Waals surface area contributed by atoms with Crippen molar-refractivity contribution in [2.75, 3.05) is 37.9 Å². The van der Waals surface area contributed by atoms with Crippen LogP contribution in [0.3, 0.4) is 0 Å². The van der Waals surface area contributed by atoms with E-state index >= 15 is 0 Å². The molecule has 2 fully saturated rings. The highest BCUT2D eigenvalue weighted by Crippen LogP contribution is 2.32. The summed E-state index contributed by atoms with van der Waals surface area (Å²) >= 11 is 0. The summed E-state index contributed by atoms with van der Waals surface area (Å²) in [7, 11) is 0. The highest BCUT2D eigenvalue weighted by atomic mass is 16.7. The lowest BCUT2D eigenvalue weighted by Crippen LogP contribution is -2.42. The maximum Gasteiger partial charge on any atom is 0.253 e. The molecular weight excluding hydrogens is 406 g/mol. The van der Waals surface area contributed by atoms with Gasteiger partial charge in [0.1, 0.15) is 0 Å². The van der Waals surface area contributed by atoms with Crippen LogP contribution in [0.15, 0.2) is 42.5 Å². The maximum atomic E-state index is 12.7. The molecule has 0 bridgehead atoms. The first-order valence-corrected chi connectivity index (χ1v) is 11.6. The summed E-state index contributed by atoms with van der Waals surface area (Å²) in [5.41, 5.74) is 3.07. The fraction of sp³-hybridized carbons (Fsp3) is 0.480. The molecule has 32 heavy (non-hydrogen) atoms. The normalized spacial score (nSPS) is 21.1. The summed E-state index contributed by atoms with van der Waals surface area (Å²) in [6.45, 7) is 4.27. The number of aliphatic hydroxyl groups is 1. The molecule has 3 aliphatic heterocycles. The predicted molar refractivity (Wildman–Crippen MR) is 122 cm³/mol. The largest absolute Gasteiger partial charge is 0.454 e. The van der Waals surface area contributed by atoms with Gasteiger partial charge >= 0.3 is 0 Å². The molecule has 7 heteroatoms. The second kappa shape index (κ2) is 9.38. The molecule has 0 spiro atoms. The zero-order valence-corrected chi connectivity index (χ0v) is 18.3. The van der Waals surface area contributed by atoms with Crippen LogP contribution in [-0.4, -0.2) is 61.0 Å². The molecule has 3 aliphatic rings. The minimum Gasteiger partial charge on any atom is -0.454 e. The standard InChI is InChI=1S/C25H31N3O4/c29-22-2-1-11-28(16-22)25(30)19-4-6-21(7-5-19)27-12-9-20(10-13-27)26-15-18-3-8-23-24(14-18)32-17-31-23/h3-8,14,20,22,26,29H,1-2,9-13,15-17H2/t22-/m0/s1. The Balaban J connectivity index is 1.10. The number of nitrogens with one attached hydrogen (secondary N) is 1. The van der Waals surface area contributed by atoms with Crippen molar-refractivity contribution in [2.45, 2.75) is 44.4 Å². The second-order valence-electron chi connectivity index (χ2n) is 8.92. The number of amides is 1. The van der Waals surface area contributed by atoms with Crippen LogP contribution in [-0.2, 0) is 6.54 Å². The molecule has 3 heterocycles. The van der Waals surface area contributed by atoms with Crippen LogP contribution in [0.2, 0.25) is 0 Å². The fourth-order valence-corrected chi connectivity index (χ4v) is 4.79. The van der Waals surface area contributed by atoms with E-state index in [2.05, 4.69) is 22.3 Å². The highest BCUT2D eigenvalue weighted by molar-refractivity contribution is 5.94. The summed E-state index contributed by atoms with van der Waals surface area (Å²) in [6.07, 6.45) is 3.41. The van der Waals surface area contributed by atoms with Crippen molar-refractivity contribution in [3.63, 3.8) is 0 Å². The van der Waals surface area contributed by atoms with Crippen LogP contribution in [0.5, 0.6) is 11.5 Å². The number of β-amino-alcohol motifs (C(OH)–C–C–N with tert-alkyl or cyclic N) is 1. The lowest BCUT2D eigenvalue weighted by atomic mass is 10.0. The molecule has 170 valence electrons. The summed E-state index contributed by atoms with van der Waals surface area (Å²) in [6, 6.07) is 14.5. The Labute approximate surface area is 188 Å². The number of fused-ring (bicyclic) bond motifs is 1. The Kier molecular flexibility index (Phi) is 6.19. The van der Waals surface area contributed by atoms with Crippen LogP contribution >= 0.6 is 0 Å². The van der Waals surface area contributed by atoms with Crippen LogP contribution < -0.4 is 19.7 Å². The SMILES string of the molecule is O=C(c1ccc(N2CCC(NCc3ccc4c(c3)OCO4)CC2)cc1)N1CCC[C@H](O)C1. The van der Waals surface area contributed by atoms with E-state index in [0.29, 0.717) is 24.9 Å². The van der Waals surface area contributed by atoms with Gasteiger partial charge in [0, 0.05) is 50.0 Å². The summed E-state index contributed by atoms with van der Waals surface area (Å²) in [5, 5.41) is 13.5. The van der Waals surface area contributed by atoms with E-state index in [1.165, 1.54) is 5.56 Å². The van der Waals surface area contributed by atoms with E-state index in [-0.39, 0.29) is 5.91 Å². The number of hydrogen-bond acceptors (Lipinski definition) is 6. The van der Waals surface area contributed by atoms with E-state index in [4.69, 9.17) is 9.47 Å². The molecule has 1 atom stereocenters. The first kappa shape index (κ1) is 21.1. The third-order valence-corrected chi connectivity index (χ3v) is 6.69. The van der Waals surface area contributed by atoms with E-state index in [0.717, 1.165) is 69.0 Å². The first-order valence-electron chi connectivity index (χ1n) is 11.6. The number of piperidine rings is 2. The molecule has 0 radical (unpaired) electrons. The molecule has 7 nitrogen and oxygen atoms in total. The predicted octanol–water partition coefficient (Wildman–Crippen LogP) is 2.77. The molecule has 0 saturated carbocycles. The zero-order valence-electron chi connectivity index (χ0n) is 18.3. The third kappa shape index (κ3) is 4.69. The number of anilines is 1. The molecular formula is C25H31N3O4. The third-order valence-electron chi connectivity index (χ3n) is 6.69. The van der Waals surface area contributed by atoms with Gasteiger partial charge in [0.05, 0.1) is 6.10 Å². The Bertz CT molecular complexity index is 941. The van der Waals surface area contributed by atoms with Gasteiger partial charge in [-0.3, -0.25) is 4.79 Å². The molecule has 2 aromatic rings. The topological polar surface area (TPSA) is 74.3 Å². The number of benzene rings is 2. The van der Waals surface area contributed by atoms with Crippen LogP contribution in [0.4, 0.5) is 5.69 Å². The molecule has 2 N–H and O–H groups in total. The monoisotopic (exact) mass is 437 g/mol. The number of hydrogen-bond donors (Lipinski definition) is 2. The average Bonchev–Trinajstić information content (AvgIpc) is 3.31. The van der Waals surface area contributed by atoms with Crippen molar-refractivity contribution >= 4 is 11.6 Å².